The second-order valence-electron chi connectivity index (χ2n) is 3.81. The Morgan fingerprint density at radius 3 is 2.50 bits per heavy atom. The number of fused-ring (bicyclic) bond motifs is 1. The first kappa shape index (κ1) is 12.9. The van der Waals surface area contributed by atoms with Crippen LogP contribution < -0.4 is 0 Å². The first-order valence-electron chi connectivity index (χ1n) is 5.17. The van der Waals surface area contributed by atoms with Crippen molar-refractivity contribution in [3.63, 3.8) is 0 Å². The molecule has 2 rings (SSSR count). The zero-order valence-corrected chi connectivity index (χ0v) is 10.2. The molecule has 0 radical (unpaired) electrons. The van der Waals surface area contributed by atoms with Crippen molar-refractivity contribution in [2.45, 2.75) is 18.0 Å². The molecule has 0 saturated heterocycles. The minimum Gasteiger partial charge on any atom is -0.361 e. The van der Waals surface area contributed by atoms with E-state index in [2.05, 4.69) is 4.98 Å². The second kappa shape index (κ2) is 4.01. The summed E-state index contributed by atoms with van der Waals surface area (Å²) < 4.78 is 61.7. The first-order chi connectivity index (χ1) is 8.25. The minimum atomic E-state index is -4.57. The third-order valence-electron chi connectivity index (χ3n) is 2.67. The third-order valence-corrected chi connectivity index (χ3v) is 4.44. The van der Waals surface area contributed by atoms with Crippen LogP contribution in [0.3, 0.4) is 0 Å². The number of aromatic amines is 1. The number of aromatic nitrogens is 1. The van der Waals surface area contributed by atoms with E-state index in [-0.39, 0.29) is 21.6 Å². The molecular weight excluding hydrogens is 267 g/mol. The van der Waals surface area contributed by atoms with Gasteiger partial charge in [0.1, 0.15) is 0 Å². The molecule has 0 spiro atoms. The predicted octanol–water partition coefficient (Wildman–Crippen LogP) is 2.98. The van der Waals surface area contributed by atoms with E-state index < -0.39 is 21.6 Å². The van der Waals surface area contributed by atoms with Crippen LogP contribution in [0.25, 0.3) is 10.9 Å². The van der Waals surface area contributed by atoms with Gasteiger partial charge in [0, 0.05) is 17.1 Å². The Bertz CT molecular complexity index is 686. The van der Waals surface area contributed by atoms with Crippen LogP contribution >= 0.6 is 0 Å². The van der Waals surface area contributed by atoms with E-state index in [9.17, 15) is 21.6 Å². The fourth-order valence-corrected chi connectivity index (χ4v) is 2.84. The van der Waals surface area contributed by atoms with Crippen molar-refractivity contribution in [2.24, 2.45) is 0 Å². The number of benzene rings is 1. The van der Waals surface area contributed by atoms with Crippen molar-refractivity contribution in [3.8, 4) is 0 Å². The maximum absolute atomic E-state index is 12.7. The number of sulfone groups is 1. The highest BCUT2D eigenvalue weighted by atomic mass is 32.2. The van der Waals surface area contributed by atoms with Crippen LogP contribution in [0, 0.1) is 0 Å². The van der Waals surface area contributed by atoms with Gasteiger partial charge in [-0.25, -0.2) is 8.42 Å². The molecule has 3 nitrogen and oxygen atoms in total. The molecule has 0 atom stereocenters. The SMILES string of the molecule is CCS(=O)(=O)c1cc(C(F)(F)F)cc2[nH]ccc12. The Hall–Kier alpha value is -1.50. The van der Waals surface area contributed by atoms with Gasteiger partial charge in [0.25, 0.3) is 0 Å². The number of hydrogen-bond donors (Lipinski definition) is 1. The Labute approximate surface area is 102 Å². The summed E-state index contributed by atoms with van der Waals surface area (Å²) in [6.07, 6.45) is -3.16. The van der Waals surface area contributed by atoms with Crippen LogP contribution in [0.15, 0.2) is 29.3 Å². The van der Waals surface area contributed by atoms with E-state index in [1.165, 1.54) is 19.2 Å². The van der Waals surface area contributed by atoms with Gasteiger partial charge in [-0.3, -0.25) is 0 Å². The van der Waals surface area contributed by atoms with Crippen LogP contribution in [0.4, 0.5) is 13.2 Å². The maximum Gasteiger partial charge on any atom is 0.416 e. The second-order valence-corrected chi connectivity index (χ2v) is 6.06. The smallest absolute Gasteiger partial charge is 0.361 e. The Morgan fingerprint density at radius 1 is 1.28 bits per heavy atom. The zero-order valence-electron chi connectivity index (χ0n) is 9.38. The molecule has 0 saturated carbocycles. The van der Waals surface area contributed by atoms with Gasteiger partial charge in [-0.15, -0.1) is 0 Å². The monoisotopic (exact) mass is 277 g/mol. The number of H-pyrrole nitrogens is 1. The van der Waals surface area contributed by atoms with Gasteiger partial charge < -0.3 is 4.98 Å². The van der Waals surface area contributed by atoms with Gasteiger partial charge >= 0.3 is 6.18 Å². The summed E-state index contributed by atoms with van der Waals surface area (Å²) in [5.41, 5.74) is -0.804. The fraction of sp³-hybridized carbons (Fsp3) is 0.273. The van der Waals surface area contributed by atoms with Crippen LogP contribution in [-0.2, 0) is 16.0 Å². The predicted molar refractivity (Wildman–Crippen MR) is 61.0 cm³/mol. The average Bonchev–Trinajstić information content (AvgIpc) is 2.74. The highest BCUT2D eigenvalue weighted by Crippen LogP contribution is 2.34. The molecular formula is C11H10F3NO2S. The summed E-state index contributed by atoms with van der Waals surface area (Å²) in [5, 5.41) is 0.282. The number of hydrogen-bond acceptors (Lipinski definition) is 2. The van der Waals surface area contributed by atoms with E-state index in [0.29, 0.717) is 6.07 Å². The third kappa shape index (κ3) is 2.10. The summed E-state index contributed by atoms with van der Waals surface area (Å²) in [4.78, 5) is 2.32. The zero-order chi connectivity index (χ0) is 13.6. The molecule has 0 unspecified atom stereocenters. The standard InChI is InChI=1S/C11H10F3NO2S/c1-2-18(16,17)10-6-7(11(12,13)14)5-9-8(10)3-4-15-9/h3-6,15H,2H2,1H3. The van der Waals surface area contributed by atoms with E-state index in [0.717, 1.165) is 6.07 Å². The molecule has 98 valence electrons. The van der Waals surface area contributed by atoms with Crippen LogP contribution in [0.5, 0.6) is 0 Å². The summed E-state index contributed by atoms with van der Waals surface area (Å²) in [6.45, 7) is 1.40. The molecule has 1 aromatic heterocycles. The summed E-state index contributed by atoms with van der Waals surface area (Å²) in [6, 6.07) is 3.05. The quantitative estimate of drug-likeness (QED) is 0.917. The van der Waals surface area contributed by atoms with E-state index in [1.54, 1.807) is 0 Å². The highest BCUT2D eigenvalue weighted by molar-refractivity contribution is 7.91. The average molecular weight is 277 g/mol. The Morgan fingerprint density at radius 2 is 1.94 bits per heavy atom. The molecule has 18 heavy (non-hydrogen) atoms. The lowest BCUT2D eigenvalue weighted by molar-refractivity contribution is -0.137. The lowest BCUT2D eigenvalue weighted by Crippen LogP contribution is -2.09. The summed E-state index contributed by atoms with van der Waals surface area (Å²) in [7, 11) is -3.70. The number of halogens is 3. The summed E-state index contributed by atoms with van der Waals surface area (Å²) >= 11 is 0. The van der Waals surface area contributed by atoms with Gasteiger partial charge in [0.05, 0.1) is 16.2 Å². The van der Waals surface area contributed by atoms with Crippen molar-refractivity contribution in [3.05, 3.63) is 30.0 Å². The van der Waals surface area contributed by atoms with E-state index in [4.69, 9.17) is 0 Å². The Balaban J connectivity index is 2.83. The molecule has 0 aliphatic heterocycles. The molecule has 7 heteroatoms. The van der Waals surface area contributed by atoms with Crippen LogP contribution in [-0.4, -0.2) is 19.2 Å². The van der Waals surface area contributed by atoms with E-state index in [1.807, 2.05) is 0 Å². The fourth-order valence-electron chi connectivity index (χ4n) is 1.71. The van der Waals surface area contributed by atoms with Gasteiger partial charge in [-0.05, 0) is 18.2 Å². The number of nitrogens with one attached hydrogen (secondary N) is 1. The van der Waals surface area contributed by atoms with E-state index >= 15 is 0 Å². The lowest BCUT2D eigenvalue weighted by Gasteiger charge is -2.10. The normalized spacial score (nSPS) is 13.1. The molecule has 1 aromatic carbocycles. The highest BCUT2D eigenvalue weighted by Gasteiger charge is 2.33. The molecule has 0 aliphatic carbocycles. The van der Waals surface area contributed by atoms with Crippen LogP contribution in [0.2, 0.25) is 0 Å². The topological polar surface area (TPSA) is 49.9 Å². The van der Waals surface area contributed by atoms with Crippen molar-refractivity contribution in [1.82, 2.24) is 4.98 Å². The molecule has 0 fully saturated rings. The minimum absolute atomic E-state index is 0.164. The van der Waals surface area contributed by atoms with Gasteiger partial charge in [0.15, 0.2) is 9.84 Å². The Kier molecular flexibility index (Phi) is 2.89. The van der Waals surface area contributed by atoms with Crippen molar-refractivity contribution < 1.29 is 21.6 Å². The number of alkyl halides is 3. The molecule has 1 N–H and O–H groups in total. The summed E-state index contributed by atoms with van der Waals surface area (Å²) in [5.74, 6) is -0.241. The van der Waals surface area contributed by atoms with Gasteiger partial charge in [0.2, 0.25) is 0 Å². The lowest BCUT2D eigenvalue weighted by atomic mass is 10.1. The molecule has 1 heterocycles. The molecule has 0 bridgehead atoms. The largest absolute Gasteiger partial charge is 0.416 e. The molecule has 2 aromatic rings. The molecule has 0 aliphatic rings. The van der Waals surface area contributed by atoms with Crippen molar-refractivity contribution in [2.75, 3.05) is 5.75 Å². The van der Waals surface area contributed by atoms with Crippen LogP contribution in [0.1, 0.15) is 12.5 Å². The van der Waals surface area contributed by atoms with Crippen molar-refractivity contribution in [1.29, 1.82) is 0 Å². The molecule has 0 amide bonds. The first-order valence-corrected chi connectivity index (χ1v) is 6.82. The van der Waals surface area contributed by atoms with Crippen molar-refractivity contribution >= 4 is 20.7 Å². The number of rotatable bonds is 2. The maximum atomic E-state index is 12.7. The van der Waals surface area contributed by atoms with Gasteiger partial charge in [-0.2, -0.15) is 13.2 Å². The van der Waals surface area contributed by atoms with Gasteiger partial charge in [-0.1, -0.05) is 6.92 Å².